The van der Waals surface area contributed by atoms with Crippen LogP contribution in [0.15, 0.2) is 12.2 Å². The fourth-order valence-corrected chi connectivity index (χ4v) is 1.83. The molecule has 0 heterocycles. The fraction of sp³-hybridized carbons (Fsp3) is 0.846. The van der Waals surface area contributed by atoms with Gasteiger partial charge in [0.15, 0.2) is 0 Å². The van der Waals surface area contributed by atoms with Crippen LogP contribution in [0.1, 0.15) is 52.4 Å². The van der Waals surface area contributed by atoms with Crippen LogP contribution in [0.4, 0.5) is 0 Å². The van der Waals surface area contributed by atoms with Gasteiger partial charge in [0.05, 0.1) is 0 Å². The van der Waals surface area contributed by atoms with Crippen molar-refractivity contribution in [2.24, 2.45) is 5.92 Å². The van der Waals surface area contributed by atoms with Crippen LogP contribution in [0.3, 0.4) is 0 Å². The van der Waals surface area contributed by atoms with Crippen molar-refractivity contribution in [2.75, 3.05) is 6.54 Å². The van der Waals surface area contributed by atoms with Gasteiger partial charge in [-0.1, -0.05) is 25.3 Å². The van der Waals surface area contributed by atoms with E-state index in [0.29, 0.717) is 0 Å². The Morgan fingerprint density at radius 3 is 2.71 bits per heavy atom. The Balaban J connectivity index is 2.16. The van der Waals surface area contributed by atoms with E-state index in [-0.39, 0.29) is 0 Å². The molecule has 0 amide bonds. The number of nitrogens with one attached hydrogen (secondary N) is 1. The normalized spacial score (nSPS) is 18.1. The van der Waals surface area contributed by atoms with Crippen molar-refractivity contribution in [1.29, 1.82) is 0 Å². The Kier molecular flexibility index (Phi) is 5.24. The van der Waals surface area contributed by atoms with E-state index in [1.54, 1.807) is 0 Å². The molecule has 1 aliphatic carbocycles. The fourth-order valence-electron chi connectivity index (χ4n) is 1.83. The highest BCUT2D eigenvalue weighted by atomic mass is 14.9. The van der Waals surface area contributed by atoms with Gasteiger partial charge < -0.3 is 5.32 Å². The lowest BCUT2D eigenvalue weighted by molar-refractivity contribution is 0.432. The van der Waals surface area contributed by atoms with Gasteiger partial charge in [-0.25, -0.2) is 0 Å². The van der Waals surface area contributed by atoms with Crippen molar-refractivity contribution in [1.82, 2.24) is 5.32 Å². The minimum absolute atomic E-state index is 0.749. The molecule has 1 atom stereocenters. The third kappa shape index (κ3) is 5.43. The molecular weight excluding hydrogens is 170 g/mol. The van der Waals surface area contributed by atoms with Gasteiger partial charge in [0.25, 0.3) is 0 Å². The Hall–Kier alpha value is -0.300. The quantitative estimate of drug-likeness (QED) is 0.584. The second-order valence-electron chi connectivity index (χ2n) is 4.83. The second kappa shape index (κ2) is 6.23. The lowest BCUT2D eigenvalue weighted by Crippen LogP contribution is -2.30. The van der Waals surface area contributed by atoms with Gasteiger partial charge in [0.2, 0.25) is 0 Å². The highest BCUT2D eigenvalue weighted by molar-refractivity contribution is 4.90. The lowest BCUT2D eigenvalue weighted by Gasteiger charge is -2.18. The summed E-state index contributed by atoms with van der Waals surface area (Å²) in [4.78, 5) is 0. The number of hydrogen-bond acceptors (Lipinski definition) is 1. The van der Waals surface area contributed by atoms with Gasteiger partial charge in [-0.05, 0) is 45.1 Å². The zero-order valence-corrected chi connectivity index (χ0v) is 9.81. The highest BCUT2D eigenvalue weighted by Crippen LogP contribution is 2.34. The van der Waals surface area contributed by atoms with Crippen molar-refractivity contribution < 1.29 is 0 Å². The molecule has 0 spiro atoms. The highest BCUT2D eigenvalue weighted by Gasteiger charge is 2.24. The number of hydrogen-bond donors (Lipinski definition) is 1. The van der Waals surface area contributed by atoms with Crippen LogP contribution in [0.2, 0.25) is 0 Å². The van der Waals surface area contributed by atoms with E-state index in [1.807, 2.05) is 0 Å². The first-order chi connectivity index (χ1) is 6.72. The van der Waals surface area contributed by atoms with E-state index in [2.05, 4.69) is 25.7 Å². The molecule has 14 heavy (non-hydrogen) atoms. The Morgan fingerprint density at radius 1 is 1.50 bits per heavy atom. The summed E-state index contributed by atoms with van der Waals surface area (Å²) < 4.78 is 0. The average molecular weight is 195 g/mol. The predicted octanol–water partition coefficient (Wildman–Crippen LogP) is 3.51. The molecule has 82 valence electrons. The van der Waals surface area contributed by atoms with Gasteiger partial charge in [-0.2, -0.15) is 0 Å². The zero-order valence-electron chi connectivity index (χ0n) is 9.81. The maximum absolute atomic E-state index is 3.97. The van der Waals surface area contributed by atoms with Crippen LogP contribution in [-0.4, -0.2) is 12.6 Å². The summed E-state index contributed by atoms with van der Waals surface area (Å²) in [6.07, 6.45) is 8.05. The summed E-state index contributed by atoms with van der Waals surface area (Å²) in [6.45, 7) is 9.52. The van der Waals surface area contributed by atoms with E-state index in [0.717, 1.165) is 12.0 Å². The first-order valence-electron chi connectivity index (χ1n) is 6.10. The summed E-state index contributed by atoms with van der Waals surface area (Å²) in [7, 11) is 0. The van der Waals surface area contributed by atoms with Crippen LogP contribution >= 0.6 is 0 Å². The van der Waals surface area contributed by atoms with Crippen LogP contribution in [0.5, 0.6) is 0 Å². The molecule has 1 aliphatic rings. The molecule has 1 heteroatoms. The Morgan fingerprint density at radius 2 is 2.21 bits per heavy atom. The SMILES string of the molecule is C=C(C)CCC(CC1CC1)NCCC. The van der Waals surface area contributed by atoms with Crippen molar-refractivity contribution in [3.63, 3.8) is 0 Å². The van der Waals surface area contributed by atoms with Gasteiger partial charge in [-0.15, -0.1) is 6.58 Å². The van der Waals surface area contributed by atoms with Crippen LogP contribution < -0.4 is 5.32 Å². The summed E-state index contributed by atoms with van der Waals surface area (Å²) in [5, 5.41) is 3.66. The Labute approximate surface area is 89.0 Å². The molecule has 0 radical (unpaired) electrons. The first-order valence-corrected chi connectivity index (χ1v) is 6.10. The molecule has 0 aromatic heterocycles. The van der Waals surface area contributed by atoms with Gasteiger partial charge >= 0.3 is 0 Å². The van der Waals surface area contributed by atoms with Crippen molar-refractivity contribution >= 4 is 0 Å². The summed E-state index contributed by atoms with van der Waals surface area (Å²) >= 11 is 0. The van der Waals surface area contributed by atoms with Gasteiger partial charge in [0, 0.05) is 6.04 Å². The largest absolute Gasteiger partial charge is 0.314 e. The molecule has 1 saturated carbocycles. The van der Waals surface area contributed by atoms with Crippen LogP contribution in [-0.2, 0) is 0 Å². The molecule has 1 rings (SSSR count). The molecular formula is C13H25N. The molecule has 1 unspecified atom stereocenters. The van der Waals surface area contributed by atoms with E-state index < -0.39 is 0 Å². The smallest absolute Gasteiger partial charge is 0.00727 e. The first kappa shape index (κ1) is 11.8. The predicted molar refractivity (Wildman–Crippen MR) is 63.5 cm³/mol. The van der Waals surface area contributed by atoms with E-state index in [1.165, 1.54) is 50.6 Å². The standard InChI is InChI=1S/C13H25N/c1-4-9-14-13(8-5-11(2)3)10-12-6-7-12/h12-14H,2,4-10H2,1,3H3. The van der Waals surface area contributed by atoms with Crippen LogP contribution in [0.25, 0.3) is 0 Å². The summed E-state index contributed by atoms with van der Waals surface area (Å²) in [5.41, 5.74) is 1.32. The topological polar surface area (TPSA) is 12.0 Å². The third-order valence-corrected chi connectivity index (χ3v) is 2.92. The molecule has 0 bridgehead atoms. The van der Waals surface area contributed by atoms with Crippen molar-refractivity contribution in [2.45, 2.75) is 58.4 Å². The maximum atomic E-state index is 3.97. The molecule has 0 aliphatic heterocycles. The van der Waals surface area contributed by atoms with Gasteiger partial charge in [-0.3, -0.25) is 0 Å². The summed E-state index contributed by atoms with van der Waals surface area (Å²) in [5.74, 6) is 1.04. The number of rotatable bonds is 8. The third-order valence-electron chi connectivity index (χ3n) is 2.92. The summed E-state index contributed by atoms with van der Waals surface area (Å²) in [6, 6.07) is 0.749. The zero-order chi connectivity index (χ0) is 10.4. The van der Waals surface area contributed by atoms with E-state index in [9.17, 15) is 0 Å². The van der Waals surface area contributed by atoms with Crippen molar-refractivity contribution in [3.05, 3.63) is 12.2 Å². The Bertz CT molecular complexity index is 170. The van der Waals surface area contributed by atoms with Crippen molar-refractivity contribution in [3.8, 4) is 0 Å². The minimum Gasteiger partial charge on any atom is -0.314 e. The van der Waals surface area contributed by atoms with E-state index in [4.69, 9.17) is 0 Å². The van der Waals surface area contributed by atoms with Gasteiger partial charge in [0.1, 0.15) is 0 Å². The molecule has 0 saturated heterocycles. The molecule has 1 nitrogen and oxygen atoms in total. The average Bonchev–Trinajstić information content (AvgIpc) is 2.93. The molecule has 1 N–H and O–H groups in total. The maximum Gasteiger partial charge on any atom is 0.00727 e. The monoisotopic (exact) mass is 195 g/mol. The lowest BCUT2D eigenvalue weighted by atomic mass is 10.0. The molecule has 1 fully saturated rings. The number of allylic oxidation sites excluding steroid dienone is 1. The van der Waals surface area contributed by atoms with Crippen LogP contribution in [0, 0.1) is 5.92 Å². The van der Waals surface area contributed by atoms with E-state index >= 15 is 0 Å². The second-order valence-corrected chi connectivity index (χ2v) is 4.83. The minimum atomic E-state index is 0.749. The molecule has 0 aromatic carbocycles. The molecule has 0 aromatic rings.